The lowest BCUT2D eigenvalue weighted by molar-refractivity contribution is 0.179. The van der Waals surface area contributed by atoms with Gasteiger partial charge in [-0.05, 0) is 49.2 Å². The van der Waals surface area contributed by atoms with Crippen molar-refractivity contribution in [3.05, 3.63) is 48.0 Å². The molecule has 26 heavy (non-hydrogen) atoms. The molecule has 2 aromatic rings. The SMILES string of the molecule is CCCC(CCNCC)N(C)C(=O)NC(C)c1cccc2ccccc12. The van der Waals surface area contributed by atoms with Gasteiger partial charge in [0.05, 0.1) is 6.04 Å². The molecule has 2 amide bonds. The molecule has 142 valence electrons. The molecule has 0 aliphatic carbocycles. The van der Waals surface area contributed by atoms with E-state index in [1.807, 2.05) is 24.1 Å². The van der Waals surface area contributed by atoms with Crippen molar-refractivity contribution in [3.8, 4) is 0 Å². The molecule has 4 nitrogen and oxygen atoms in total. The number of hydrogen-bond donors (Lipinski definition) is 2. The van der Waals surface area contributed by atoms with Gasteiger partial charge < -0.3 is 15.5 Å². The largest absolute Gasteiger partial charge is 0.331 e. The monoisotopic (exact) mass is 355 g/mol. The number of fused-ring (bicyclic) bond motifs is 1. The van der Waals surface area contributed by atoms with Crippen molar-refractivity contribution in [1.82, 2.24) is 15.5 Å². The second-order valence-electron chi connectivity index (χ2n) is 6.94. The van der Waals surface area contributed by atoms with Crippen LogP contribution in [0.15, 0.2) is 42.5 Å². The molecular formula is C22H33N3O. The average molecular weight is 356 g/mol. The Hall–Kier alpha value is -2.07. The molecule has 0 aromatic heterocycles. The minimum absolute atomic E-state index is 0.000354. The summed E-state index contributed by atoms with van der Waals surface area (Å²) in [6.45, 7) is 8.24. The van der Waals surface area contributed by atoms with Crippen LogP contribution >= 0.6 is 0 Å². The molecule has 2 N–H and O–H groups in total. The highest BCUT2D eigenvalue weighted by Gasteiger charge is 2.21. The highest BCUT2D eigenvalue weighted by atomic mass is 16.2. The fourth-order valence-electron chi connectivity index (χ4n) is 3.47. The van der Waals surface area contributed by atoms with Crippen LogP contribution in [-0.2, 0) is 0 Å². The molecule has 0 spiro atoms. The van der Waals surface area contributed by atoms with Gasteiger partial charge in [0.15, 0.2) is 0 Å². The maximum Gasteiger partial charge on any atom is 0.317 e. The number of nitrogens with one attached hydrogen (secondary N) is 2. The minimum Gasteiger partial charge on any atom is -0.331 e. The summed E-state index contributed by atoms with van der Waals surface area (Å²) in [4.78, 5) is 14.7. The van der Waals surface area contributed by atoms with Crippen LogP contribution in [0.1, 0.15) is 51.6 Å². The maximum atomic E-state index is 12.8. The topological polar surface area (TPSA) is 44.4 Å². The molecule has 0 radical (unpaired) electrons. The third-order valence-corrected chi connectivity index (χ3v) is 5.02. The van der Waals surface area contributed by atoms with Crippen LogP contribution in [0, 0.1) is 0 Å². The molecule has 2 rings (SSSR count). The zero-order valence-electron chi connectivity index (χ0n) is 16.6. The molecule has 2 atom stereocenters. The second-order valence-corrected chi connectivity index (χ2v) is 6.94. The zero-order valence-corrected chi connectivity index (χ0v) is 16.6. The number of rotatable bonds is 9. The van der Waals surface area contributed by atoms with Gasteiger partial charge in [0, 0.05) is 13.1 Å². The van der Waals surface area contributed by atoms with Crippen LogP contribution in [0.4, 0.5) is 4.79 Å². The quantitative estimate of drug-likeness (QED) is 0.640. The number of carbonyl (C=O) groups excluding carboxylic acids is 1. The summed E-state index contributed by atoms with van der Waals surface area (Å²) < 4.78 is 0. The van der Waals surface area contributed by atoms with E-state index in [1.54, 1.807) is 0 Å². The van der Waals surface area contributed by atoms with E-state index in [-0.39, 0.29) is 18.1 Å². The molecule has 0 saturated heterocycles. The van der Waals surface area contributed by atoms with E-state index in [1.165, 1.54) is 10.8 Å². The smallest absolute Gasteiger partial charge is 0.317 e. The average Bonchev–Trinajstić information content (AvgIpc) is 2.66. The van der Waals surface area contributed by atoms with Gasteiger partial charge >= 0.3 is 6.03 Å². The second kappa shape index (κ2) is 10.2. The molecular weight excluding hydrogens is 322 g/mol. The third kappa shape index (κ3) is 5.21. The van der Waals surface area contributed by atoms with Crippen LogP contribution < -0.4 is 10.6 Å². The lowest BCUT2D eigenvalue weighted by Gasteiger charge is -2.30. The lowest BCUT2D eigenvalue weighted by atomic mass is 10.00. The van der Waals surface area contributed by atoms with Crippen LogP contribution in [-0.4, -0.2) is 37.1 Å². The number of carbonyl (C=O) groups is 1. The van der Waals surface area contributed by atoms with Crippen LogP contribution in [0.3, 0.4) is 0 Å². The lowest BCUT2D eigenvalue weighted by Crippen LogP contribution is -2.45. The first-order valence-corrected chi connectivity index (χ1v) is 9.80. The van der Waals surface area contributed by atoms with Gasteiger partial charge in [0.25, 0.3) is 0 Å². The Kier molecular flexibility index (Phi) is 7.92. The molecule has 4 heteroatoms. The normalized spacial score (nSPS) is 13.4. The molecule has 0 heterocycles. The van der Waals surface area contributed by atoms with Crippen molar-refractivity contribution >= 4 is 16.8 Å². The van der Waals surface area contributed by atoms with Crippen molar-refractivity contribution in [1.29, 1.82) is 0 Å². The molecule has 2 aromatic carbocycles. The van der Waals surface area contributed by atoms with E-state index in [4.69, 9.17) is 0 Å². The van der Waals surface area contributed by atoms with E-state index in [9.17, 15) is 4.79 Å². The van der Waals surface area contributed by atoms with Gasteiger partial charge in [-0.1, -0.05) is 62.7 Å². The van der Waals surface area contributed by atoms with Gasteiger partial charge in [-0.3, -0.25) is 0 Å². The Labute approximate surface area is 158 Å². The highest BCUT2D eigenvalue weighted by Crippen LogP contribution is 2.24. The zero-order chi connectivity index (χ0) is 18.9. The van der Waals surface area contributed by atoms with Crippen molar-refractivity contribution in [2.45, 2.75) is 52.1 Å². The van der Waals surface area contributed by atoms with Crippen molar-refractivity contribution < 1.29 is 4.79 Å². The maximum absolute atomic E-state index is 12.8. The van der Waals surface area contributed by atoms with E-state index >= 15 is 0 Å². The summed E-state index contributed by atoms with van der Waals surface area (Å²) in [6.07, 6.45) is 3.08. The first-order valence-electron chi connectivity index (χ1n) is 9.80. The molecule has 0 aliphatic rings. The fourth-order valence-corrected chi connectivity index (χ4v) is 3.47. The predicted molar refractivity (Wildman–Crippen MR) is 111 cm³/mol. The van der Waals surface area contributed by atoms with Crippen LogP contribution in [0.2, 0.25) is 0 Å². The molecule has 0 bridgehead atoms. The highest BCUT2D eigenvalue weighted by molar-refractivity contribution is 5.86. The molecule has 2 unspecified atom stereocenters. The molecule has 0 saturated carbocycles. The molecule has 0 fully saturated rings. The summed E-state index contributed by atoms with van der Waals surface area (Å²) in [5, 5.41) is 8.94. The van der Waals surface area contributed by atoms with Gasteiger partial charge in [-0.15, -0.1) is 0 Å². The Bertz CT molecular complexity index is 695. The summed E-state index contributed by atoms with van der Waals surface area (Å²) in [6, 6.07) is 14.8. The van der Waals surface area contributed by atoms with Gasteiger partial charge in [0.1, 0.15) is 0 Å². The van der Waals surface area contributed by atoms with Crippen molar-refractivity contribution in [2.75, 3.05) is 20.1 Å². The first kappa shape index (κ1) is 20.2. The van der Waals surface area contributed by atoms with E-state index < -0.39 is 0 Å². The van der Waals surface area contributed by atoms with Crippen molar-refractivity contribution in [3.63, 3.8) is 0 Å². The Morgan fingerprint density at radius 3 is 2.54 bits per heavy atom. The van der Waals surface area contributed by atoms with Gasteiger partial charge in [-0.25, -0.2) is 4.79 Å². The number of amides is 2. The van der Waals surface area contributed by atoms with Crippen LogP contribution in [0.25, 0.3) is 10.8 Å². The van der Waals surface area contributed by atoms with E-state index in [0.29, 0.717) is 0 Å². The van der Waals surface area contributed by atoms with Crippen LogP contribution in [0.5, 0.6) is 0 Å². The van der Waals surface area contributed by atoms with E-state index in [0.717, 1.165) is 37.9 Å². The number of hydrogen-bond acceptors (Lipinski definition) is 2. The standard InChI is InChI=1S/C22H33N3O/c1-5-10-19(15-16-23-6-2)25(4)22(26)24-17(3)20-14-9-12-18-11-7-8-13-21(18)20/h7-9,11-14,17,19,23H,5-6,10,15-16H2,1-4H3,(H,24,26). The predicted octanol–water partition coefficient (Wildman–Crippen LogP) is 4.71. The third-order valence-electron chi connectivity index (χ3n) is 5.02. The van der Waals surface area contributed by atoms with Crippen molar-refractivity contribution in [2.24, 2.45) is 0 Å². The summed E-state index contributed by atoms with van der Waals surface area (Å²) >= 11 is 0. The Balaban J connectivity index is 2.06. The van der Waals surface area contributed by atoms with Gasteiger partial charge in [0.2, 0.25) is 0 Å². The fraction of sp³-hybridized carbons (Fsp3) is 0.500. The van der Waals surface area contributed by atoms with Gasteiger partial charge in [-0.2, -0.15) is 0 Å². The number of benzene rings is 2. The summed E-state index contributed by atoms with van der Waals surface area (Å²) in [7, 11) is 1.91. The first-order chi connectivity index (χ1) is 12.6. The summed E-state index contributed by atoms with van der Waals surface area (Å²) in [5.74, 6) is 0. The Morgan fingerprint density at radius 1 is 1.08 bits per heavy atom. The minimum atomic E-state index is -0.0351. The number of urea groups is 1. The Morgan fingerprint density at radius 2 is 1.81 bits per heavy atom. The van der Waals surface area contributed by atoms with E-state index in [2.05, 4.69) is 61.7 Å². The summed E-state index contributed by atoms with van der Waals surface area (Å²) in [5.41, 5.74) is 1.16. The number of nitrogens with zero attached hydrogens (tertiary/aromatic N) is 1. The molecule has 0 aliphatic heterocycles.